The number of carbonyl (C=O) groups is 1. The van der Waals surface area contributed by atoms with Crippen molar-refractivity contribution >= 4 is 5.91 Å². The third-order valence-corrected chi connectivity index (χ3v) is 8.37. The highest BCUT2D eigenvalue weighted by atomic mass is 17.4. The molecule has 170 valence electrons. The van der Waals surface area contributed by atoms with Crippen LogP contribution in [0.4, 0.5) is 0 Å². The number of nitrogens with one attached hydrogen (secondary N) is 1. The van der Waals surface area contributed by atoms with E-state index >= 15 is 0 Å². The Morgan fingerprint density at radius 1 is 0.933 bits per heavy atom. The molecule has 1 N–H and O–H groups in total. The minimum absolute atomic E-state index is 0.153. The van der Waals surface area contributed by atoms with Crippen molar-refractivity contribution in [3.63, 3.8) is 0 Å². The van der Waals surface area contributed by atoms with E-state index in [0.29, 0.717) is 37.0 Å². The topological polar surface area (TPSA) is 69.3 Å². The zero-order valence-electron chi connectivity index (χ0n) is 18.6. The zero-order valence-corrected chi connectivity index (χ0v) is 18.6. The van der Waals surface area contributed by atoms with Crippen LogP contribution in [-0.2, 0) is 24.3 Å². The van der Waals surface area contributed by atoms with Gasteiger partial charge in [0.05, 0.1) is 0 Å². The minimum Gasteiger partial charge on any atom is -0.356 e. The summed E-state index contributed by atoms with van der Waals surface area (Å²) >= 11 is 0. The average molecular weight is 423 g/mol. The Hall–Kier alpha value is -0.730. The van der Waals surface area contributed by atoms with Crippen molar-refractivity contribution in [1.29, 1.82) is 0 Å². The summed E-state index contributed by atoms with van der Waals surface area (Å²) in [4.78, 5) is 38.6. The lowest BCUT2D eigenvalue weighted by atomic mass is 9.53. The largest absolute Gasteiger partial charge is 0.356 e. The van der Waals surface area contributed by atoms with Crippen molar-refractivity contribution in [2.45, 2.75) is 82.2 Å². The molecule has 5 saturated carbocycles. The van der Waals surface area contributed by atoms with Crippen LogP contribution in [-0.4, -0.2) is 49.6 Å². The summed E-state index contributed by atoms with van der Waals surface area (Å²) in [6.07, 6.45) is 10.9. The first-order chi connectivity index (χ1) is 14.5. The maximum atomic E-state index is 12.2. The van der Waals surface area contributed by atoms with Crippen LogP contribution < -0.4 is 5.32 Å². The van der Waals surface area contributed by atoms with E-state index < -0.39 is 11.6 Å². The van der Waals surface area contributed by atoms with Gasteiger partial charge in [-0.15, -0.1) is 0 Å². The molecule has 4 bridgehead atoms. The van der Waals surface area contributed by atoms with E-state index in [1.54, 1.807) is 0 Å². The normalized spacial score (nSPS) is 44.8. The van der Waals surface area contributed by atoms with Crippen molar-refractivity contribution in [2.75, 3.05) is 27.2 Å². The van der Waals surface area contributed by atoms with E-state index in [2.05, 4.69) is 10.2 Å². The smallest absolute Gasteiger partial charge is 0.239 e. The van der Waals surface area contributed by atoms with E-state index in [-0.39, 0.29) is 5.91 Å². The fourth-order valence-corrected chi connectivity index (χ4v) is 6.87. The van der Waals surface area contributed by atoms with Crippen molar-refractivity contribution in [3.8, 4) is 0 Å². The summed E-state index contributed by atoms with van der Waals surface area (Å²) in [6, 6.07) is 0. The summed E-state index contributed by atoms with van der Waals surface area (Å²) in [5.41, 5.74) is 0. The van der Waals surface area contributed by atoms with E-state index in [4.69, 9.17) is 19.6 Å². The van der Waals surface area contributed by atoms with Crippen LogP contribution in [0.5, 0.6) is 0 Å². The highest BCUT2D eigenvalue weighted by molar-refractivity contribution is 5.76. The molecule has 1 heterocycles. The summed E-state index contributed by atoms with van der Waals surface area (Å²) in [7, 11) is 4.10. The first-order valence-corrected chi connectivity index (χ1v) is 12.1. The molecular formula is C23H38N2O5. The molecule has 1 amide bonds. The quantitative estimate of drug-likeness (QED) is 0.523. The molecule has 6 fully saturated rings. The van der Waals surface area contributed by atoms with Crippen molar-refractivity contribution < 1.29 is 24.3 Å². The highest BCUT2D eigenvalue weighted by Gasteiger charge is 2.64. The number of rotatable bonds is 6. The van der Waals surface area contributed by atoms with Gasteiger partial charge in [0.25, 0.3) is 0 Å². The van der Waals surface area contributed by atoms with Gasteiger partial charge in [0.15, 0.2) is 0 Å². The predicted octanol–water partition coefficient (Wildman–Crippen LogP) is 3.39. The van der Waals surface area contributed by atoms with Crippen LogP contribution in [0, 0.1) is 29.6 Å². The van der Waals surface area contributed by atoms with Gasteiger partial charge in [0.1, 0.15) is 0 Å². The van der Waals surface area contributed by atoms with Crippen molar-refractivity contribution in [2.24, 2.45) is 29.6 Å². The van der Waals surface area contributed by atoms with Crippen molar-refractivity contribution in [1.82, 2.24) is 10.2 Å². The second kappa shape index (κ2) is 8.32. The fourth-order valence-electron chi connectivity index (χ4n) is 6.87. The Balaban J connectivity index is 1.07. The van der Waals surface area contributed by atoms with Crippen LogP contribution in [0.25, 0.3) is 0 Å². The number of carbonyl (C=O) groups excluding carboxylic acids is 1. The Labute approximate surface area is 180 Å². The Kier molecular flexibility index (Phi) is 5.86. The van der Waals surface area contributed by atoms with E-state index in [1.807, 2.05) is 14.1 Å². The molecule has 6 rings (SSSR count). The third-order valence-electron chi connectivity index (χ3n) is 8.37. The maximum Gasteiger partial charge on any atom is 0.239 e. The summed E-state index contributed by atoms with van der Waals surface area (Å²) < 4.78 is 0. The van der Waals surface area contributed by atoms with E-state index in [1.165, 1.54) is 32.1 Å². The summed E-state index contributed by atoms with van der Waals surface area (Å²) in [5, 5.41) is 3.05. The average Bonchev–Trinajstić information content (AvgIpc) is 2.72. The molecule has 0 aromatic carbocycles. The Morgan fingerprint density at radius 3 is 2.10 bits per heavy atom. The van der Waals surface area contributed by atoms with Gasteiger partial charge in [0, 0.05) is 37.6 Å². The number of amides is 1. The second-order valence-electron chi connectivity index (χ2n) is 10.9. The molecule has 5 aliphatic carbocycles. The number of nitrogens with zero attached hydrogens (tertiary/aromatic N) is 1. The van der Waals surface area contributed by atoms with E-state index in [9.17, 15) is 4.79 Å². The molecule has 0 aromatic rings. The first kappa shape index (κ1) is 21.1. The molecule has 2 spiro atoms. The lowest BCUT2D eigenvalue weighted by molar-refractivity contribution is -0.680. The van der Waals surface area contributed by atoms with Gasteiger partial charge in [-0.25, -0.2) is 0 Å². The van der Waals surface area contributed by atoms with Crippen LogP contribution in [0.15, 0.2) is 0 Å². The number of hydrogen-bond donors (Lipinski definition) is 1. The molecule has 7 heteroatoms. The molecule has 6 aliphatic rings. The highest BCUT2D eigenvalue weighted by Crippen LogP contribution is 2.61. The lowest BCUT2D eigenvalue weighted by Gasteiger charge is -2.60. The second-order valence-corrected chi connectivity index (χ2v) is 10.9. The SMILES string of the molecule is CN(C)CCCNC(=O)CC1CCC2(CC1)OOC1(OO2)[C@H]2C[C@@H]3C[C@@H](C[C@H]1C3)C2. The van der Waals surface area contributed by atoms with Crippen LogP contribution in [0.2, 0.25) is 0 Å². The number of hydrogen-bond acceptors (Lipinski definition) is 6. The van der Waals surface area contributed by atoms with Crippen LogP contribution in [0.1, 0.15) is 70.6 Å². The van der Waals surface area contributed by atoms with E-state index in [0.717, 1.165) is 44.2 Å². The lowest BCUT2D eigenvalue weighted by Crippen LogP contribution is -2.64. The van der Waals surface area contributed by atoms with Crippen molar-refractivity contribution in [3.05, 3.63) is 0 Å². The molecule has 0 unspecified atom stereocenters. The standard InChI is InChI=1S/C23H38N2O5/c1-25(2)9-3-8-24-21(26)15-16-4-6-22(7-5-16)27-29-23(30-28-22)19-11-17-10-18(13-19)14-20(23)12-17/h16-20H,3-15H2,1-2H3,(H,24,26)/t16?,17-,18+,19-,20+,22?,23?. The Morgan fingerprint density at radius 2 is 1.53 bits per heavy atom. The van der Waals surface area contributed by atoms with Gasteiger partial charge in [0.2, 0.25) is 17.5 Å². The van der Waals surface area contributed by atoms with Gasteiger partial charge >= 0.3 is 0 Å². The molecule has 0 aromatic heterocycles. The molecule has 0 radical (unpaired) electrons. The zero-order chi connectivity index (χ0) is 20.8. The Bertz CT molecular complexity index is 591. The maximum absolute atomic E-state index is 12.2. The summed E-state index contributed by atoms with van der Waals surface area (Å²) in [5.74, 6) is 1.53. The molecule has 0 atom stereocenters. The predicted molar refractivity (Wildman–Crippen MR) is 110 cm³/mol. The molecule has 30 heavy (non-hydrogen) atoms. The fraction of sp³-hybridized carbons (Fsp3) is 0.957. The van der Waals surface area contributed by atoms with Gasteiger partial charge < -0.3 is 10.2 Å². The van der Waals surface area contributed by atoms with Crippen LogP contribution >= 0.6 is 0 Å². The van der Waals surface area contributed by atoms with Gasteiger partial charge in [-0.3, -0.25) is 4.79 Å². The minimum atomic E-state index is -0.793. The molecule has 1 saturated heterocycles. The first-order valence-electron chi connectivity index (χ1n) is 12.1. The molecular weight excluding hydrogens is 384 g/mol. The van der Waals surface area contributed by atoms with Gasteiger partial charge in [-0.2, -0.15) is 19.6 Å². The third kappa shape index (κ3) is 4.04. The summed E-state index contributed by atoms with van der Waals surface area (Å²) in [6.45, 7) is 1.74. The van der Waals surface area contributed by atoms with Crippen LogP contribution in [0.3, 0.4) is 0 Å². The van der Waals surface area contributed by atoms with Gasteiger partial charge in [-0.1, -0.05) is 0 Å². The monoisotopic (exact) mass is 422 g/mol. The molecule has 7 nitrogen and oxygen atoms in total. The molecule has 1 aliphatic heterocycles. The van der Waals surface area contributed by atoms with Gasteiger partial charge in [-0.05, 0) is 89.8 Å².